The number of aromatic nitrogens is 2. The fraction of sp³-hybridized carbons (Fsp3) is 0.286. The zero-order chi connectivity index (χ0) is 13.7. The molecule has 0 bridgehead atoms. The van der Waals surface area contributed by atoms with Gasteiger partial charge >= 0.3 is 0 Å². The van der Waals surface area contributed by atoms with Crippen LogP contribution in [0.5, 0.6) is 0 Å². The molecule has 0 unspecified atom stereocenters. The van der Waals surface area contributed by atoms with E-state index in [2.05, 4.69) is 39.4 Å². The first-order valence-corrected chi connectivity index (χ1v) is 6.33. The smallest absolute Gasteiger partial charge is 0.148 e. The van der Waals surface area contributed by atoms with E-state index in [1.165, 1.54) is 11.9 Å². The highest BCUT2D eigenvalue weighted by Crippen LogP contribution is 2.22. The number of rotatable bonds is 5. The van der Waals surface area contributed by atoms with E-state index in [1.54, 1.807) is 0 Å². The van der Waals surface area contributed by atoms with Crippen LogP contribution in [-0.4, -0.2) is 16.5 Å². The summed E-state index contributed by atoms with van der Waals surface area (Å²) in [5, 5.41) is 0. The van der Waals surface area contributed by atoms with E-state index < -0.39 is 0 Å². The summed E-state index contributed by atoms with van der Waals surface area (Å²) in [5.74, 6) is 7.03. The number of benzene rings is 1. The normalized spacial score (nSPS) is 10.3. The van der Waals surface area contributed by atoms with Gasteiger partial charge in [0.15, 0.2) is 0 Å². The first-order chi connectivity index (χ1) is 9.26. The minimum absolute atomic E-state index is 0.663. The Morgan fingerprint density at radius 2 is 1.95 bits per heavy atom. The molecule has 0 aliphatic carbocycles. The Labute approximate surface area is 113 Å². The molecular formula is C14H19N5. The molecule has 0 aliphatic heterocycles. The number of hydrogen-bond acceptors (Lipinski definition) is 5. The van der Waals surface area contributed by atoms with Gasteiger partial charge in [0.05, 0.1) is 0 Å². The van der Waals surface area contributed by atoms with Crippen molar-refractivity contribution in [2.24, 2.45) is 5.84 Å². The van der Waals surface area contributed by atoms with Crippen LogP contribution in [0, 0.1) is 6.92 Å². The van der Waals surface area contributed by atoms with E-state index in [0.29, 0.717) is 5.82 Å². The van der Waals surface area contributed by atoms with Crippen molar-refractivity contribution in [3.05, 3.63) is 47.8 Å². The average molecular weight is 257 g/mol. The van der Waals surface area contributed by atoms with Gasteiger partial charge < -0.3 is 10.3 Å². The van der Waals surface area contributed by atoms with Gasteiger partial charge in [0.1, 0.15) is 18.0 Å². The molecule has 0 spiro atoms. The van der Waals surface area contributed by atoms with Crippen molar-refractivity contribution in [2.75, 3.05) is 16.9 Å². The predicted molar refractivity (Wildman–Crippen MR) is 77.7 cm³/mol. The van der Waals surface area contributed by atoms with Crippen molar-refractivity contribution in [3.8, 4) is 0 Å². The number of hydrogen-bond donors (Lipinski definition) is 2. The quantitative estimate of drug-likeness (QED) is 0.634. The molecule has 0 aliphatic rings. The van der Waals surface area contributed by atoms with Crippen molar-refractivity contribution in [1.82, 2.24) is 9.97 Å². The minimum Gasteiger partial charge on any atom is -0.352 e. The molecule has 19 heavy (non-hydrogen) atoms. The molecule has 2 aromatic rings. The van der Waals surface area contributed by atoms with Gasteiger partial charge in [0.25, 0.3) is 0 Å². The number of anilines is 2. The molecule has 1 heterocycles. The summed E-state index contributed by atoms with van der Waals surface area (Å²) < 4.78 is 0. The Morgan fingerprint density at radius 1 is 1.21 bits per heavy atom. The predicted octanol–water partition coefficient (Wildman–Crippen LogP) is 2.10. The van der Waals surface area contributed by atoms with E-state index >= 15 is 0 Å². The van der Waals surface area contributed by atoms with E-state index in [1.807, 2.05) is 25.1 Å². The van der Waals surface area contributed by atoms with Gasteiger partial charge in [-0.2, -0.15) is 0 Å². The molecule has 0 atom stereocenters. The van der Waals surface area contributed by atoms with Gasteiger partial charge in [-0.3, -0.25) is 0 Å². The molecule has 0 saturated carbocycles. The molecule has 1 aromatic heterocycles. The summed E-state index contributed by atoms with van der Waals surface area (Å²) in [7, 11) is 0. The lowest BCUT2D eigenvalue weighted by molar-refractivity contribution is 0.804. The Morgan fingerprint density at radius 3 is 2.58 bits per heavy atom. The van der Waals surface area contributed by atoms with E-state index in [0.717, 1.165) is 24.5 Å². The molecule has 1 aromatic carbocycles. The van der Waals surface area contributed by atoms with Gasteiger partial charge in [0.2, 0.25) is 0 Å². The topological polar surface area (TPSA) is 67.1 Å². The summed E-state index contributed by atoms with van der Waals surface area (Å²) in [5.41, 5.74) is 4.82. The van der Waals surface area contributed by atoms with E-state index in [9.17, 15) is 0 Å². The van der Waals surface area contributed by atoms with Crippen molar-refractivity contribution < 1.29 is 0 Å². The maximum absolute atomic E-state index is 5.45. The SMILES string of the molecule is CCN(Cc1ccccc1)c1ncnc(NN)c1C. The average Bonchev–Trinajstić information content (AvgIpc) is 2.46. The summed E-state index contributed by atoms with van der Waals surface area (Å²) in [6, 6.07) is 10.3. The second-order valence-corrected chi connectivity index (χ2v) is 4.31. The van der Waals surface area contributed by atoms with Crippen molar-refractivity contribution >= 4 is 11.6 Å². The molecule has 0 amide bonds. The van der Waals surface area contributed by atoms with Crippen LogP contribution in [0.4, 0.5) is 11.6 Å². The molecule has 5 nitrogen and oxygen atoms in total. The van der Waals surface area contributed by atoms with Crippen LogP contribution < -0.4 is 16.2 Å². The number of nitrogen functional groups attached to an aromatic ring is 1. The third-order valence-corrected chi connectivity index (χ3v) is 3.09. The number of nitrogens with zero attached hydrogens (tertiary/aromatic N) is 3. The zero-order valence-corrected chi connectivity index (χ0v) is 11.3. The number of nitrogens with one attached hydrogen (secondary N) is 1. The maximum Gasteiger partial charge on any atom is 0.148 e. The first-order valence-electron chi connectivity index (χ1n) is 6.33. The number of nitrogens with two attached hydrogens (primary N) is 1. The van der Waals surface area contributed by atoms with Gasteiger partial charge in [0, 0.05) is 18.7 Å². The van der Waals surface area contributed by atoms with Gasteiger partial charge in [-0.15, -0.1) is 0 Å². The monoisotopic (exact) mass is 257 g/mol. The van der Waals surface area contributed by atoms with Crippen LogP contribution in [0.25, 0.3) is 0 Å². The second-order valence-electron chi connectivity index (χ2n) is 4.31. The highest BCUT2D eigenvalue weighted by molar-refractivity contribution is 5.57. The fourth-order valence-corrected chi connectivity index (χ4v) is 2.05. The highest BCUT2D eigenvalue weighted by Gasteiger charge is 2.12. The minimum atomic E-state index is 0.663. The van der Waals surface area contributed by atoms with Crippen molar-refractivity contribution in [1.29, 1.82) is 0 Å². The van der Waals surface area contributed by atoms with E-state index in [4.69, 9.17) is 5.84 Å². The Balaban J connectivity index is 2.27. The molecule has 0 fully saturated rings. The van der Waals surface area contributed by atoms with Crippen LogP contribution in [0.15, 0.2) is 36.7 Å². The Bertz CT molecular complexity index is 527. The van der Waals surface area contributed by atoms with Crippen LogP contribution >= 0.6 is 0 Å². The standard InChI is InChI=1S/C14H19N5/c1-3-19(9-12-7-5-4-6-8-12)14-11(2)13(18-15)16-10-17-14/h4-8,10H,3,9,15H2,1-2H3,(H,16,17,18). The summed E-state index contributed by atoms with van der Waals surface area (Å²) in [6.07, 6.45) is 1.53. The molecule has 5 heteroatoms. The third-order valence-electron chi connectivity index (χ3n) is 3.09. The van der Waals surface area contributed by atoms with Crippen LogP contribution in [0.3, 0.4) is 0 Å². The molecular weight excluding hydrogens is 238 g/mol. The number of hydrazine groups is 1. The van der Waals surface area contributed by atoms with Crippen molar-refractivity contribution in [3.63, 3.8) is 0 Å². The molecule has 0 saturated heterocycles. The Hall–Kier alpha value is -2.14. The zero-order valence-electron chi connectivity index (χ0n) is 11.3. The van der Waals surface area contributed by atoms with Crippen LogP contribution in [0.1, 0.15) is 18.1 Å². The maximum atomic E-state index is 5.45. The van der Waals surface area contributed by atoms with E-state index in [-0.39, 0.29) is 0 Å². The summed E-state index contributed by atoms with van der Waals surface area (Å²) >= 11 is 0. The van der Waals surface area contributed by atoms with Gasteiger partial charge in [-0.05, 0) is 19.4 Å². The van der Waals surface area contributed by atoms with Crippen LogP contribution in [-0.2, 0) is 6.54 Å². The fourth-order valence-electron chi connectivity index (χ4n) is 2.05. The first kappa shape index (κ1) is 13.3. The van der Waals surface area contributed by atoms with Gasteiger partial charge in [-0.25, -0.2) is 15.8 Å². The Kier molecular flexibility index (Phi) is 4.30. The molecule has 0 radical (unpaired) electrons. The highest BCUT2D eigenvalue weighted by atomic mass is 15.3. The largest absolute Gasteiger partial charge is 0.352 e. The summed E-state index contributed by atoms with van der Waals surface area (Å²) in [4.78, 5) is 10.7. The second kappa shape index (κ2) is 6.15. The lowest BCUT2D eigenvalue weighted by Gasteiger charge is -2.24. The summed E-state index contributed by atoms with van der Waals surface area (Å²) in [6.45, 7) is 5.77. The lowest BCUT2D eigenvalue weighted by atomic mass is 10.2. The molecule has 2 rings (SSSR count). The van der Waals surface area contributed by atoms with Crippen LogP contribution in [0.2, 0.25) is 0 Å². The lowest BCUT2D eigenvalue weighted by Crippen LogP contribution is -2.25. The van der Waals surface area contributed by atoms with Gasteiger partial charge in [-0.1, -0.05) is 30.3 Å². The van der Waals surface area contributed by atoms with Crippen molar-refractivity contribution in [2.45, 2.75) is 20.4 Å². The molecule has 100 valence electrons. The molecule has 3 N–H and O–H groups in total. The third kappa shape index (κ3) is 3.00.